The fourth-order valence-corrected chi connectivity index (χ4v) is 2.45. The van der Waals surface area contributed by atoms with Crippen LogP contribution in [0.4, 0.5) is 11.5 Å². The SMILES string of the molecule is O=C(Nc1cccc(Cl)n1)c1ccc2c(c1)CCCN2. The number of benzene rings is 1. The van der Waals surface area contributed by atoms with E-state index in [0.29, 0.717) is 16.5 Å². The van der Waals surface area contributed by atoms with Crippen LogP contribution in [0.2, 0.25) is 5.15 Å². The van der Waals surface area contributed by atoms with Gasteiger partial charge in [0.15, 0.2) is 0 Å². The second-order valence-corrected chi connectivity index (χ2v) is 5.09. The first-order chi connectivity index (χ1) is 9.72. The summed E-state index contributed by atoms with van der Waals surface area (Å²) in [6, 6.07) is 10.8. The quantitative estimate of drug-likeness (QED) is 0.833. The Morgan fingerprint density at radius 2 is 2.20 bits per heavy atom. The van der Waals surface area contributed by atoms with E-state index in [1.54, 1.807) is 18.2 Å². The van der Waals surface area contributed by atoms with Gasteiger partial charge in [0, 0.05) is 17.8 Å². The highest BCUT2D eigenvalue weighted by Gasteiger charge is 2.13. The van der Waals surface area contributed by atoms with Gasteiger partial charge in [-0.05, 0) is 48.7 Å². The van der Waals surface area contributed by atoms with Crippen LogP contribution in [0, 0.1) is 0 Å². The van der Waals surface area contributed by atoms with E-state index < -0.39 is 0 Å². The molecule has 0 unspecified atom stereocenters. The lowest BCUT2D eigenvalue weighted by Gasteiger charge is -2.18. The van der Waals surface area contributed by atoms with Crippen LogP contribution in [-0.4, -0.2) is 17.4 Å². The standard InChI is InChI=1S/C15H14ClN3O/c16-13-4-1-5-14(18-13)19-15(20)11-6-7-12-10(9-11)3-2-8-17-12/h1,4-7,9,17H,2-3,8H2,(H,18,19,20). The maximum Gasteiger partial charge on any atom is 0.256 e. The van der Waals surface area contributed by atoms with E-state index in [0.717, 1.165) is 25.1 Å². The number of anilines is 2. The first-order valence-electron chi connectivity index (χ1n) is 6.53. The van der Waals surface area contributed by atoms with Gasteiger partial charge in [-0.25, -0.2) is 4.98 Å². The molecule has 3 rings (SSSR count). The molecule has 5 heteroatoms. The summed E-state index contributed by atoms with van der Waals surface area (Å²) in [6.07, 6.45) is 2.09. The van der Waals surface area contributed by atoms with Gasteiger partial charge >= 0.3 is 0 Å². The number of hydrogen-bond donors (Lipinski definition) is 2. The third-order valence-electron chi connectivity index (χ3n) is 3.26. The molecular formula is C15H14ClN3O. The number of nitrogens with zero attached hydrogens (tertiary/aromatic N) is 1. The number of aromatic nitrogens is 1. The Kier molecular flexibility index (Phi) is 3.56. The Balaban J connectivity index is 1.80. The molecule has 1 amide bonds. The minimum atomic E-state index is -0.173. The predicted molar refractivity (Wildman–Crippen MR) is 80.5 cm³/mol. The van der Waals surface area contributed by atoms with Crippen LogP contribution in [0.25, 0.3) is 0 Å². The molecule has 1 aliphatic heterocycles. The Labute approximate surface area is 122 Å². The molecule has 20 heavy (non-hydrogen) atoms. The molecule has 0 spiro atoms. The number of hydrogen-bond acceptors (Lipinski definition) is 3. The molecule has 1 aliphatic rings. The Morgan fingerprint density at radius 1 is 1.30 bits per heavy atom. The molecule has 2 aromatic rings. The van der Waals surface area contributed by atoms with Gasteiger partial charge in [-0.3, -0.25) is 4.79 Å². The number of nitrogens with one attached hydrogen (secondary N) is 2. The first-order valence-corrected chi connectivity index (χ1v) is 6.91. The third-order valence-corrected chi connectivity index (χ3v) is 3.47. The lowest BCUT2D eigenvalue weighted by Crippen LogP contribution is -2.16. The first kappa shape index (κ1) is 12.9. The Morgan fingerprint density at radius 3 is 3.05 bits per heavy atom. The zero-order valence-corrected chi connectivity index (χ0v) is 11.6. The van der Waals surface area contributed by atoms with Gasteiger partial charge in [0.1, 0.15) is 11.0 Å². The van der Waals surface area contributed by atoms with Crippen molar-refractivity contribution in [3.05, 3.63) is 52.7 Å². The summed E-state index contributed by atoms with van der Waals surface area (Å²) < 4.78 is 0. The number of aryl methyl sites for hydroxylation is 1. The molecule has 0 saturated heterocycles. The molecular weight excluding hydrogens is 274 g/mol. The normalized spacial score (nSPS) is 13.2. The topological polar surface area (TPSA) is 54.0 Å². The Bertz CT molecular complexity index is 657. The summed E-state index contributed by atoms with van der Waals surface area (Å²) in [6.45, 7) is 0.991. The van der Waals surface area contributed by atoms with E-state index in [-0.39, 0.29) is 5.91 Å². The van der Waals surface area contributed by atoms with Gasteiger partial charge in [0.25, 0.3) is 5.91 Å². The molecule has 2 N–H and O–H groups in total. The van der Waals surface area contributed by atoms with Gasteiger partial charge in [-0.2, -0.15) is 0 Å². The zero-order chi connectivity index (χ0) is 13.9. The van der Waals surface area contributed by atoms with Gasteiger partial charge in [0.05, 0.1) is 0 Å². The fraction of sp³-hybridized carbons (Fsp3) is 0.200. The van der Waals surface area contributed by atoms with Crippen molar-refractivity contribution < 1.29 is 4.79 Å². The van der Waals surface area contributed by atoms with Crippen molar-refractivity contribution in [3.8, 4) is 0 Å². The number of carbonyl (C=O) groups is 1. The van der Waals surface area contributed by atoms with Crippen molar-refractivity contribution in [2.75, 3.05) is 17.2 Å². The second-order valence-electron chi connectivity index (χ2n) is 4.70. The maximum absolute atomic E-state index is 12.2. The van der Waals surface area contributed by atoms with Crippen LogP contribution in [0.15, 0.2) is 36.4 Å². The van der Waals surface area contributed by atoms with Crippen molar-refractivity contribution in [1.82, 2.24) is 4.98 Å². The van der Waals surface area contributed by atoms with Gasteiger partial charge in [-0.15, -0.1) is 0 Å². The number of amides is 1. The molecule has 4 nitrogen and oxygen atoms in total. The number of pyridine rings is 1. The highest BCUT2D eigenvalue weighted by molar-refractivity contribution is 6.29. The van der Waals surface area contributed by atoms with E-state index in [2.05, 4.69) is 15.6 Å². The molecule has 1 aromatic heterocycles. The molecule has 1 aromatic carbocycles. The summed E-state index contributed by atoms with van der Waals surface area (Å²) in [4.78, 5) is 16.2. The maximum atomic E-state index is 12.2. The van der Waals surface area contributed by atoms with Crippen LogP contribution in [0.3, 0.4) is 0 Å². The van der Waals surface area contributed by atoms with Crippen molar-refractivity contribution in [2.45, 2.75) is 12.8 Å². The number of rotatable bonds is 2. The molecule has 102 valence electrons. The molecule has 0 radical (unpaired) electrons. The van der Waals surface area contributed by atoms with Crippen LogP contribution in [0.5, 0.6) is 0 Å². The fourth-order valence-electron chi connectivity index (χ4n) is 2.28. The van der Waals surface area contributed by atoms with Crippen molar-refractivity contribution >= 4 is 29.0 Å². The number of carbonyl (C=O) groups excluding carboxylic acids is 1. The van der Waals surface area contributed by atoms with Crippen LogP contribution in [-0.2, 0) is 6.42 Å². The Hall–Kier alpha value is -2.07. The van der Waals surface area contributed by atoms with Gasteiger partial charge < -0.3 is 10.6 Å². The van der Waals surface area contributed by atoms with Crippen molar-refractivity contribution in [2.24, 2.45) is 0 Å². The van der Waals surface area contributed by atoms with E-state index in [4.69, 9.17) is 11.6 Å². The van der Waals surface area contributed by atoms with E-state index in [1.165, 1.54) is 5.56 Å². The summed E-state index contributed by atoms with van der Waals surface area (Å²) in [5.41, 5.74) is 2.94. The highest BCUT2D eigenvalue weighted by atomic mass is 35.5. The van der Waals surface area contributed by atoms with E-state index in [9.17, 15) is 4.79 Å². The number of fused-ring (bicyclic) bond motifs is 1. The van der Waals surface area contributed by atoms with Crippen molar-refractivity contribution in [1.29, 1.82) is 0 Å². The number of halogens is 1. The summed E-state index contributed by atoms with van der Waals surface area (Å²) >= 11 is 5.80. The largest absolute Gasteiger partial charge is 0.385 e. The zero-order valence-electron chi connectivity index (χ0n) is 10.8. The summed E-state index contributed by atoms with van der Waals surface area (Å²) in [5, 5.41) is 6.43. The minimum Gasteiger partial charge on any atom is -0.385 e. The average Bonchev–Trinajstić information content (AvgIpc) is 2.47. The molecule has 0 atom stereocenters. The van der Waals surface area contributed by atoms with Crippen LogP contribution < -0.4 is 10.6 Å². The van der Waals surface area contributed by atoms with Gasteiger partial charge in [-0.1, -0.05) is 17.7 Å². The summed E-state index contributed by atoms with van der Waals surface area (Å²) in [5.74, 6) is 0.284. The predicted octanol–water partition coefficient (Wildman–Crippen LogP) is 3.35. The molecule has 2 heterocycles. The molecule has 0 bridgehead atoms. The minimum absolute atomic E-state index is 0.173. The van der Waals surface area contributed by atoms with E-state index >= 15 is 0 Å². The van der Waals surface area contributed by atoms with E-state index in [1.807, 2.05) is 18.2 Å². The lowest BCUT2D eigenvalue weighted by molar-refractivity contribution is 0.102. The second kappa shape index (κ2) is 5.51. The smallest absolute Gasteiger partial charge is 0.256 e. The monoisotopic (exact) mass is 287 g/mol. The lowest BCUT2D eigenvalue weighted by atomic mass is 10.0. The van der Waals surface area contributed by atoms with Crippen LogP contribution >= 0.6 is 11.6 Å². The van der Waals surface area contributed by atoms with Gasteiger partial charge in [0.2, 0.25) is 0 Å². The molecule has 0 aliphatic carbocycles. The van der Waals surface area contributed by atoms with Crippen LogP contribution in [0.1, 0.15) is 22.3 Å². The highest BCUT2D eigenvalue weighted by Crippen LogP contribution is 2.23. The van der Waals surface area contributed by atoms with Crippen molar-refractivity contribution in [3.63, 3.8) is 0 Å². The molecule has 0 saturated carbocycles. The summed E-state index contributed by atoms with van der Waals surface area (Å²) in [7, 11) is 0. The third kappa shape index (κ3) is 2.75. The average molecular weight is 288 g/mol. The molecule has 0 fully saturated rings.